The third-order valence-electron chi connectivity index (χ3n) is 5.25. The molecule has 0 unspecified atom stereocenters. The lowest BCUT2D eigenvalue weighted by atomic mass is 10.2. The molecule has 7 nitrogen and oxygen atoms in total. The van der Waals surface area contributed by atoms with E-state index in [1.165, 1.54) is 23.5 Å². The number of rotatable bonds is 12. The van der Waals surface area contributed by atoms with Crippen LogP contribution >= 0.6 is 0 Å². The third kappa shape index (κ3) is 7.99. The summed E-state index contributed by atoms with van der Waals surface area (Å²) in [6.45, 7) is 0.835. The molecule has 1 N–H and O–H groups in total. The molecule has 0 heterocycles. The summed E-state index contributed by atoms with van der Waals surface area (Å²) in [5.74, 6) is 0.661. The van der Waals surface area contributed by atoms with Crippen LogP contribution in [0.25, 0.3) is 0 Å². The number of sulfonamides is 1. The normalized spacial score (nSPS) is 11.1. The Hall–Kier alpha value is -3.59. The Labute approximate surface area is 205 Å². The van der Waals surface area contributed by atoms with Crippen LogP contribution < -0.4 is 19.1 Å². The lowest BCUT2D eigenvalue weighted by molar-refractivity contribution is -0.121. The van der Waals surface area contributed by atoms with Gasteiger partial charge in [0.15, 0.2) is 0 Å². The highest BCUT2D eigenvalue weighted by Gasteiger charge is 2.20. The number of nitrogens with one attached hydrogen (secondary N) is 1. The lowest BCUT2D eigenvalue weighted by Crippen LogP contribution is -2.32. The molecule has 1 amide bonds. The number of hydrogen-bond donors (Lipinski definition) is 1. The van der Waals surface area contributed by atoms with Crippen molar-refractivity contribution in [3.05, 3.63) is 89.7 Å². The number of ether oxygens (including phenoxy) is 2. The van der Waals surface area contributed by atoms with E-state index in [-0.39, 0.29) is 24.7 Å². The number of hydrogen-bond acceptors (Lipinski definition) is 5. The summed E-state index contributed by atoms with van der Waals surface area (Å²) >= 11 is 0. The maximum atomic E-state index is 13.0. The zero-order valence-corrected chi connectivity index (χ0v) is 20.6. The van der Waals surface area contributed by atoms with Gasteiger partial charge in [-0.3, -0.25) is 9.10 Å². The first kappa shape index (κ1) is 26.0. The maximum Gasteiger partial charge on any atom is 0.232 e. The minimum atomic E-state index is -3.54. The second-order valence-electron chi connectivity index (χ2n) is 7.95. The molecular formula is C26H29FN2O5S. The van der Waals surface area contributed by atoms with Crippen molar-refractivity contribution in [3.8, 4) is 11.5 Å². The number of para-hydroxylation sites is 2. The SMILES string of the molecule is COc1ccccc1N(CCCC(=O)NCc1ccc(OCc2ccc(F)cc2)cc1)S(C)(=O)=O. The van der Waals surface area contributed by atoms with Gasteiger partial charge in [-0.2, -0.15) is 0 Å². The first-order valence-corrected chi connectivity index (χ1v) is 12.9. The minimum absolute atomic E-state index is 0.159. The van der Waals surface area contributed by atoms with Crippen molar-refractivity contribution >= 4 is 21.6 Å². The summed E-state index contributed by atoms with van der Waals surface area (Å²) in [6, 6.07) is 20.3. The van der Waals surface area contributed by atoms with E-state index < -0.39 is 10.0 Å². The standard InChI is InChI=1S/C26H29FN2O5S/c1-33-25-7-4-3-6-24(25)29(35(2,31)32)17-5-8-26(30)28-18-20-11-15-23(16-12-20)34-19-21-9-13-22(27)14-10-21/h3-4,6-7,9-16H,5,8,17-19H2,1-2H3,(H,28,30). The van der Waals surface area contributed by atoms with Crippen LogP contribution in [0.4, 0.5) is 10.1 Å². The van der Waals surface area contributed by atoms with Gasteiger partial charge < -0.3 is 14.8 Å². The van der Waals surface area contributed by atoms with E-state index in [1.54, 1.807) is 36.4 Å². The van der Waals surface area contributed by atoms with Gasteiger partial charge in [-0.05, 0) is 53.9 Å². The highest BCUT2D eigenvalue weighted by Crippen LogP contribution is 2.29. The van der Waals surface area contributed by atoms with Crippen LogP contribution in [0, 0.1) is 5.82 Å². The van der Waals surface area contributed by atoms with Crippen molar-refractivity contribution in [2.24, 2.45) is 0 Å². The van der Waals surface area contributed by atoms with E-state index in [4.69, 9.17) is 9.47 Å². The van der Waals surface area contributed by atoms with Gasteiger partial charge in [0.25, 0.3) is 0 Å². The average molecular weight is 501 g/mol. The van der Waals surface area contributed by atoms with Gasteiger partial charge in [0, 0.05) is 19.5 Å². The molecule has 0 aliphatic heterocycles. The molecule has 0 radical (unpaired) electrons. The molecule has 3 aromatic carbocycles. The summed E-state index contributed by atoms with van der Waals surface area (Å²) in [6.07, 6.45) is 1.67. The Balaban J connectivity index is 1.45. The van der Waals surface area contributed by atoms with Crippen molar-refractivity contribution in [2.45, 2.75) is 26.0 Å². The summed E-state index contributed by atoms with van der Waals surface area (Å²) in [4.78, 5) is 12.3. The van der Waals surface area contributed by atoms with Crippen molar-refractivity contribution in [3.63, 3.8) is 0 Å². The number of methoxy groups -OCH3 is 1. The third-order valence-corrected chi connectivity index (χ3v) is 6.43. The van der Waals surface area contributed by atoms with E-state index in [9.17, 15) is 17.6 Å². The molecule has 0 spiro atoms. The highest BCUT2D eigenvalue weighted by molar-refractivity contribution is 7.92. The molecule has 0 aromatic heterocycles. The highest BCUT2D eigenvalue weighted by atomic mass is 32.2. The predicted molar refractivity (Wildman–Crippen MR) is 133 cm³/mol. The van der Waals surface area contributed by atoms with Gasteiger partial charge in [0.1, 0.15) is 23.9 Å². The zero-order chi connectivity index (χ0) is 25.3. The molecule has 3 rings (SSSR count). The first-order valence-electron chi connectivity index (χ1n) is 11.1. The molecule has 0 saturated heterocycles. The molecule has 0 aliphatic carbocycles. The largest absolute Gasteiger partial charge is 0.495 e. The van der Waals surface area contributed by atoms with E-state index in [0.717, 1.165) is 17.4 Å². The van der Waals surface area contributed by atoms with Crippen LogP contribution in [0.3, 0.4) is 0 Å². The second-order valence-corrected chi connectivity index (χ2v) is 9.85. The van der Waals surface area contributed by atoms with Crippen LogP contribution in [0.5, 0.6) is 11.5 Å². The monoisotopic (exact) mass is 500 g/mol. The maximum absolute atomic E-state index is 13.0. The number of nitrogens with zero attached hydrogens (tertiary/aromatic N) is 1. The topological polar surface area (TPSA) is 84.9 Å². The van der Waals surface area contributed by atoms with E-state index in [2.05, 4.69) is 5.32 Å². The molecule has 3 aromatic rings. The molecule has 0 fully saturated rings. The quantitative estimate of drug-likeness (QED) is 0.401. The molecule has 9 heteroatoms. The van der Waals surface area contributed by atoms with Gasteiger partial charge >= 0.3 is 0 Å². The summed E-state index contributed by atoms with van der Waals surface area (Å²) in [5.41, 5.74) is 2.21. The van der Waals surface area contributed by atoms with E-state index in [0.29, 0.717) is 36.8 Å². The fourth-order valence-corrected chi connectivity index (χ4v) is 4.39. The smallest absolute Gasteiger partial charge is 0.232 e. The van der Waals surface area contributed by atoms with Crippen molar-refractivity contribution in [1.82, 2.24) is 5.32 Å². The van der Waals surface area contributed by atoms with Gasteiger partial charge in [0.2, 0.25) is 15.9 Å². The molecule has 35 heavy (non-hydrogen) atoms. The Morgan fingerprint density at radius 3 is 2.29 bits per heavy atom. The molecule has 0 atom stereocenters. The number of benzene rings is 3. The number of carbonyl (C=O) groups excluding carboxylic acids is 1. The Bertz CT molecular complexity index is 1220. The van der Waals surface area contributed by atoms with Crippen LogP contribution in [0.1, 0.15) is 24.0 Å². The van der Waals surface area contributed by atoms with Crippen LogP contribution in [-0.4, -0.2) is 34.2 Å². The molecule has 0 aliphatic rings. The van der Waals surface area contributed by atoms with Gasteiger partial charge in [-0.25, -0.2) is 12.8 Å². The Morgan fingerprint density at radius 1 is 0.971 bits per heavy atom. The summed E-state index contributed by atoms with van der Waals surface area (Å²) < 4.78 is 49.8. The Morgan fingerprint density at radius 2 is 1.63 bits per heavy atom. The number of amides is 1. The fraction of sp³-hybridized carbons (Fsp3) is 0.269. The molecule has 0 saturated carbocycles. The summed E-state index contributed by atoms with van der Waals surface area (Å²) in [7, 11) is -2.06. The summed E-state index contributed by atoms with van der Waals surface area (Å²) in [5, 5.41) is 2.85. The molecule has 0 bridgehead atoms. The number of halogens is 1. The Kier molecular flexibility index (Phi) is 9.08. The fourth-order valence-electron chi connectivity index (χ4n) is 3.42. The molecular weight excluding hydrogens is 471 g/mol. The number of carbonyl (C=O) groups is 1. The van der Waals surface area contributed by atoms with Crippen molar-refractivity contribution in [2.75, 3.05) is 24.2 Å². The first-order chi connectivity index (χ1) is 16.8. The van der Waals surface area contributed by atoms with Gasteiger partial charge in [-0.15, -0.1) is 0 Å². The number of anilines is 1. The van der Waals surface area contributed by atoms with E-state index in [1.807, 2.05) is 24.3 Å². The average Bonchev–Trinajstić information content (AvgIpc) is 2.85. The lowest BCUT2D eigenvalue weighted by Gasteiger charge is -2.24. The minimum Gasteiger partial charge on any atom is -0.495 e. The van der Waals surface area contributed by atoms with Crippen molar-refractivity contribution in [1.29, 1.82) is 0 Å². The second kappa shape index (κ2) is 12.2. The van der Waals surface area contributed by atoms with Crippen LogP contribution in [-0.2, 0) is 28.0 Å². The van der Waals surface area contributed by atoms with Crippen LogP contribution in [0.15, 0.2) is 72.8 Å². The predicted octanol–water partition coefficient (Wildman–Crippen LogP) is 4.28. The van der Waals surface area contributed by atoms with Gasteiger partial charge in [0.05, 0.1) is 19.1 Å². The van der Waals surface area contributed by atoms with Crippen molar-refractivity contribution < 1.29 is 27.1 Å². The zero-order valence-electron chi connectivity index (χ0n) is 19.7. The van der Waals surface area contributed by atoms with Gasteiger partial charge in [-0.1, -0.05) is 36.4 Å². The molecule has 186 valence electrons. The van der Waals surface area contributed by atoms with Crippen LogP contribution in [0.2, 0.25) is 0 Å². The van der Waals surface area contributed by atoms with E-state index >= 15 is 0 Å².